The van der Waals surface area contributed by atoms with Gasteiger partial charge in [0.1, 0.15) is 0 Å². The Kier molecular flexibility index (Phi) is 1.47. The minimum Gasteiger partial charge on any atom is -0.339 e. The van der Waals surface area contributed by atoms with E-state index in [4.69, 9.17) is 0 Å². The normalized spacial score (nSPS) is 10.6. The molecule has 0 atom stereocenters. The highest BCUT2D eigenvalue weighted by Crippen LogP contribution is 1.94. The summed E-state index contributed by atoms with van der Waals surface area (Å²) < 4.78 is -0.124. The maximum atomic E-state index is 11.3. The Hall–Kier alpha value is -2.45. The quantitative estimate of drug-likeness (QED) is 0.422. The zero-order valence-electron chi connectivity index (χ0n) is 6.55. The summed E-state index contributed by atoms with van der Waals surface area (Å²) in [5.74, 6) is 0. The summed E-state index contributed by atoms with van der Waals surface area (Å²) in [4.78, 5) is 40.7. The number of nitro groups is 1. The van der Waals surface area contributed by atoms with E-state index in [1.54, 1.807) is 0 Å². The number of hydrogen-bond acceptors (Lipinski definition) is 5. The van der Waals surface area contributed by atoms with Gasteiger partial charge in [0.25, 0.3) is 0 Å². The molecule has 2 aromatic heterocycles. The minimum atomic E-state index is -1.13. The first-order chi connectivity index (χ1) is 6.61. The highest BCUT2D eigenvalue weighted by atomic mass is 16.7. The van der Waals surface area contributed by atoms with Crippen LogP contribution in [-0.2, 0) is 0 Å². The predicted octanol–water partition coefficient (Wildman–Crippen LogP) is -1.55. The summed E-state index contributed by atoms with van der Waals surface area (Å²) in [5, 5.41) is 9.23. The third-order valence-electron chi connectivity index (χ3n) is 1.63. The first-order valence-electron chi connectivity index (χ1n) is 3.44. The van der Waals surface area contributed by atoms with Crippen LogP contribution in [0.15, 0.2) is 15.9 Å². The van der Waals surface area contributed by atoms with Gasteiger partial charge in [0.05, 0.1) is 6.33 Å². The van der Waals surface area contributed by atoms with Crippen molar-refractivity contribution < 1.29 is 5.03 Å². The number of H-pyrrole nitrogens is 2. The number of rotatable bonds is 1. The van der Waals surface area contributed by atoms with Gasteiger partial charge in [-0.05, 0) is 0 Å². The van der Waals surface area contributed by atoms with Gasteiger partial charge in [-0.1, -0.05) is 0 Å². The van der Waals surface area contributed by atoms with Crippen LogP contribution in [0.25, 0.3) is 11.2 Å². The predicted molar refractivity (Wildman–Crippen MR) is 43.4 cm³/mol. The molecule has 0 unspecified atom stereocenters. The fourth-order valence-electron chi connectivity index (χ4n) is 1.05. The number of nitrogens with one attached hydrogen (secondary N) is 2. The Morgan fingerprint density at radius 1 is 1.50 bits per heavy atom. The molecular weight excluding hydrogens is 194 g/mol. The molecule has 14 heavy (non-hydrogen) atoms. The number of fused-ring (bicyclic) bond motifs is 1. The topological polar surface area (TPSA) is 127 Å². The third-order valence-corrected chi connectivity index (χ3v) is 1.63. The van der Waals surface area contributed by atoms with Crippen LogP contribution in [0, 0.1) is 10.1 Å². The van der Waals surface area contributed by atoms with Crippen LogP contribution in [0.2, 0.25) is 0 Å². The molecule has 0 bridgehead atoms. The van der Waals surface area contributed by atoms with Gasteiger partial charge in [0, 0.05) is 4.68 Å². The molecule has 2 heterocycles. The van der Waals surface area contributed by atoms with Crippen LogP contribution in [0.5, 0.6) is 0 Å². The van der Waals surface area contributed by atoms with Gasteiger partial charge in [-0.25, -0.2) is 19.9 Å². The molecule has 72 valence electrons. The van der Waals surface area contributed by atoms with Crippen molar-refractivity contribution in [3.8, 4) is 0 Å². The molecule has 9 nitrogen and oxygen atoms in total. The fourth-order valence-corrected chi connectivity index (χ4v) is 1.05. The van der Waals surface area contributed by atoms with E-state index in [2.05, 4.69) is 15.0 Å². The van der Waals surface area contributed by atoms with E-state index < -0.39 is 16.3 Å². The zero-order chi connectivity index (χ0) is 10.3. The molecule has 2 aromatic rings. The zero-order valence-corrected chi connectivity index (χ0v) is 6.55. The van der Waals surface area contributed by atoms with Crippen molar-refractivity contribution in [2.45, 2.75) is 0 Å². The van der Waals surface area contributed by atoms with Crippen molar-refractivity contribution in [3.63, 3.8) is 0 Å². The lowest BCUT2D eigenvalue weighted by Gasteiger charge is -1.91. The van der Waals surface area contributed by atoms with E-state index in [-0.39, 0.29) is 15.8 Å². The second-order valence-electron chi connectivity index (χ2n) is 2.41. The summed E-state index contributed by atoms with van der Waals surface area (Å²) in [6.45, 7) is 0. The van der Waals surface area contributed by atoms with Gasteiger partial charge in [0.2, 0.25) is 0 Å². The van der Waals surface area contributed by atoms with E-state index in [1.807, 2.05) is 0 Å². The number of nitrogens with zero attached hydrogens (tertiary/aromatic N) is 3. The molecule has 0 aliphatic heterocycles. The molecule has 0 radical (unpaired) electrons. The standard InChI is InChI=1S/C5H3N5O4/c11-4-2-3(7-1-6-2)8-5(12)9(4)10(13)14/h1H,(H,6,7)(H,8,12). The second kappa shape index (κ2) is 2.52. The Labute approximate surface area is 74.1 Å². The van der Waals surface area contributed by atoms with Crippen molar-refractivity contribution in [2.75, 3.05) is 0 Å². The van der Waals surface area contributed by atoms with E-state index >= 15 is 0 Å². The summed E-state index contributed by atoms with van der Waals surface area (Å²) in [7, 11) is 0. The van der Waals surface area contributed by atoms with E-state index in [1.165, 1.54) is 0 Å². The number of hydrogen-bond donors (Lipinski definition) is 2. The molecule has 0 amide bonds. The van der Waals surface area contributed by atoms with Gasteiger partial charge in [-0.2, -0.15) is 0 Å². The third kappa shape index (κ3) is 0.920. The summed E-state index contributed by atoms with van der Waals surface area (Å²) >= 11 is 0. The van der Waals surface area contributed by atoms with Gasteiger partial charge in [-0.15, -0.1) is 0 Å². The lowest BCUT2D eigenvalue weighted by atomic mass is 10.5. The van der Waals surface area contributed by atoms with Crippen molar-refractivity contribution in [1.29, 1.82) is 0 Å². The number of imidazole rings is 1. The van der Waals surface area contributed by atoms with Gasteiger partial charge in [0.15, 0.2) is 16.2 Å². The van der Waals surface area contributed by atoms with Gasteiger partial charge in [-0.3, -0.25) is 9.78 Å². The average molecular weight is 197 g/mol. The minimum absolute atomic E-state index is 0.00176. The smallest absolute Gasteiger partial charge is 0.339 e. The lowest BCUT2D eigenvalue weighted by Crippen LogP contribution is -2.39. The molecule has 0 saturated heterocycles. The molecule has 2 rings (SSSR count). The summed E-state index contributed by atoms with van der Waals surface area (Å²) in [5.41, 5.74) is -2.27. The highest BCUT2D eigenvalue weighted by Gasteiger charge is 2.16. The van der Waals surface area contributed by atoms with E-state index in [0.717, 1.165) is 6.33 Å². The first kappa shape index (κ1) is 8.16. The molecule has 0 spiro atoms. The largest absolute Gasteiger partial charge is 0.391 e. The lowest BCUT2D eigenvalue weighted by molar-refractivity contribution is -0.548. The van der Waals surface area contributed by atoms with Crippen molar-refractivity contribution in [3.05, 3.63) is 37.3 Å². The summed E-state index contributed by atoms with van der Waals surface area (Å²) in [6, 6.07) is 0. The molecule has 0 aliphatic carbocycles. The molecule has 0 aromatic carbocycles. The average Bonchev–Trinajstić information content (AvgIpc) is 2.50. The SMILES string of the molecule is O=c1[nH]c2nc[nH]c2c(=O)n1[N+](=O)[O-]. The van der Waals surface area contributed by atoms with Crippen molar-refractivity contribution >= 4 is 11.2 Å². The van der Waals surface area contributed by atoms with Crippen LogP contribution < -0.4 is 11.2 Å². The Morgan fingerprint density at radius 3 is 2.86 bits per heavy atom. The second-order valence-corrected chi connectivity index (χ2v) is 2.41. The maximum Gasteiger partial charge on any atom is 0.391 e. The monoisotopic (exact) mass is 197 g/mol. The number of aromatic amines is 2. The molecule has 9 heteroatoms. The Morgan fingerprint density at radius 2 is 2.21 bits per heavy atom. The van der Waals surface area contributed by atoms with E-state index in [9.17, 15) is 19.7 Å². The number of aromatic nitrogens is 4. The molecule has 0 saturated carbocycles. The van der Waals surface area contributed by atoms with Crippen LogP contribution in [0.3, 0.4) is 0 Å². The van der Waals surface area contributed by atoms with Gasteiger partial charge >= 0.3 is 11.2 Å². The van der Waals surface area contributed by atoms with Crippen molar-refractivity contribution in [2.24, 2.45) is 0 Å². The van der Waals surface area contributed by atoms with Crippen LogP contribution in [0.4, 0.5) is 0 Å². The Bertz CT molecular complexity index is 619. The van der Waals surface area contributed by atoms with Crippen LogP contribution in [0.1, 0.15) is 0 Å². The molecule has 0 aliphatic rings. The fraction of sp³-hybridized carbons (Fsp3) is 0. The van der Waals surface area contributed by atoms with Gasteiger partial charge < -0.3 is 4.98 Å². The van der Waals surface area contributed by atoms with E-state index in [0.29, 0.717) is 0 Å². The highest BCUT2D eigenvalue weighted by molar-refractivity contribution is 5.67. The Balaban J connectivity index is 3.05. The maximum absolute atomic E-state index is 11.3. The molecular formula is C5H3N5O4. The van der Waals surface area contributed by atoms with Crippen molar-refractivity contribution in [1.82, 2.24) is 19.6 Å². The molecule has 2 N–H and O–H groups in total. The summed E-state index contributed by atoms with van der Waals surface area (Å²) in [6.07, 6.45) is 1.16. The van der Waals surface area contributed by atoms with Crippen LogP contribution >= 0.6 is 0 Å². The molecule has 0 fully saturated rings. The first-order valence-corrected chi connectivity index (χ1v) is 3.44. The van der Waals surface area contributed by atoms with Crippen LogP contribution in [-0.4, -0.2) is 24.7 Å².